The molecule has 47 heavy (non-hydrogen) atoms. The van der Waals surface area contributed by atoms with Crippen molar-refractivity contribution < 1.29 is 4.42 Å². The Hall–Kier alpha value is -6.39. The standard InChI is InChI=1S/C43H27N3O/c1-4-12-28(13-5-1)31-20-21-33-25-34(23-22-32(33)24-31)42-44-41(30-16-8-3-9-17-30)45-43(46-42)35-26-37(29-14-6-2-7-15-29)40-36-18-10-11-19-38(36)47-39(40)27-35/h1-27H. The summed E-state index contributed by atoms with van der Waals surface area (Å²) in [5.74, 6) is 1.83. The van der Waals surface area contributed by atoms with Crippen molar-refractivity contribution in [2.75, 3.05) is 0 Å². The van der Waals surface area contributed by atoms with Gasteiger partial charge in [0.2, 0.25) is 0 Å². The SMILES string of the molecule is c1ccc(-c2ccc3cc(-c4nc(-c5ccccc5)nc(-c5cc(-c6ccccc6)c6c(c5)oc5ccccc56)n4)ccc3c2)cc1. The van der Waals surface area contributed by atoms with Crippen molar-refractivity contribution in [3.8, 4) is 56.4 Å². The Kier molecular flexibility index (Phi) is 6.43. The van der Waals surface area contributed by atoms with Crippen LogP contribution in [0.25, 0.3) is 89.1 Å². The van der Waals surface area contributed by atoms with Crippen molar-refractivity contribution >= 4 is 32.7 Å². The molecule has 0 saturated heterocycles. The molecule has 0 amide bonds. The van der Waals surface area contributed by atoms with Gasteiger partial charge in [-0.25, -0.2) is 15.0 Å². The maximum atomic E-state index is 6.43. The molecule has 9 aromatic rings. The van der Waals surface area contributed by atoms with E-state index in [9.17, 15) is 0 Å². The van der Waals surface area contributed by atoms with Crippen LogP contribution in [0.3, 0.4) is 0 Å². The zero-order valence-corrected chi connectivity index (χ0v) is 25.3. The highest BCUT2D eigenvalue weighted by molar-refractivity contribution is 6.13. The molecule has 0 spiro atoms. The van der Waals surface area contributed by atoms with Crippen LogP contribution in [0.5, 0.6) is 0 Å². The molecule has 0 aliphatic rings. The van der Waals surface area contributed by atoms with Crippen LogP contribution >= 0.6 is 0 Å². The Morgan fingerprint density at radius 1 is 0.340 bits per heavy atom. The largest absolute Gasteiger partial charge is 0.456 e. The summed E-state index contributed by atoms with van der Waals surface area (Å²) in [4.78, 5) is 15.1. The predicted molar refractivity (Wildman–Crippen MR) is 192 cm³/mol. The second kappa shape index (κ2) is 11.2. The molecule has 0 unspecified atom stereocenters. The Bertz CT molecular complexity index is 2560. The maximum Gasteiger partial charge on any atom is 0.164 e. The average Bonchev–Trinajstić information content (AvgIpc) is 3.53. The molecule has 7 aromatic carbocycles. The molecular formula is C43H27N3O. The van der Waals surface area contributed by atoms with E-state index in [-0.39, 0.29) is 0 Å². The monoisotopic (exact) mass is 601 g/mol. The van der Waals surface area contributed by atoms with E-state index in [1.807, 2.05) is 54.6 Å². The average molecular weight is 602 g/mol. The Morgan fingerprint density at radius 3 is 1.57 bits per heavy atom. The van der Waals surface area contributed by atoms with E-state index in [0.717, 1.165) is 60.5 Å². The van der Waals surface area contributed by atoms with Gasteiger partial charge in [0.25, 0.3) is 0 Å². The fourth-order valence-electron chi connectivity index (χ4n) is 6.37. The van der Waals surface area contributed by atoms with Crippen LogP contribution in [-0.4, -0.2) is 15.0 Å². The number of hydrogen-bond acceptors (Lipinski definition) is 4. The van der Waals surface area contributed by atoms with Crippen LogP contribution in [0.1, 0.15) is 0 Å². The first-order chi connectivity index (χ1) is 23.3. The van der Waals surface area contributed by atoms with Gasteiger partial charge < -0.3 is 4.42 Å². The van der Waals surface area contributed by atoms with Gasteiger partial charge in [0, 0.05) is 27.5 Å². The van der Waals surface area contributed by atoms with Crippen LogP contribution in [0.4, 0.5) is 0 Å². The molecular weight excluding hydrogens is 574 g/mol. The summed E-state index contributed by atoms with van der Waals surface area (Å²) >= 11 is 0. The van der Waals surface area contributed by atoms with Crippen molar-refractivity contribution in [3.05, 3.63) is 164 Å². The summed E-state index contributed by atoms with van der Waals surface area (Å²) in [6.07, 6.45) is 0. The number of rotatable bonds is 5. The normalized spacial score (nSPS) is 11.4. The van der Waals surface area contributed by atoms with E-state index >= 15 is 0 Å². The number of fused-ring (bicyclic) bond motifs is 4. The van der Waals surface area contributed by atoms with E-state index in [1.54, 1.807) is 0 Å². The predicted octanol–water partition coefficient (Wildman–Crippen LogP) is 11.3. The van der Waals surface area contributed by atoms with Gasteiger partial charge in [-0.2, -0.15) is 0 Å². The smallest absolute Gasteiger partial charge is 0.164 e. The molecule has 4 heteroatoms. The van der Waals surface area contributed by atoms with Crippen LogP contribution in [-0.2, 0) is 0 Å². The lowest BCUT2D eigenvalue weighted by Gasteiger charge is -2.11. The van der Waals surface area contributed by atoms with Gasteiger partial charge in [-0.15, -0.1) is 0 Å². The second-order valence-corrected chi connectivity index (χ2v) is 11.7. The molecule has 9 rings (SSSR count). The third kappa shape index (κ3) is 4.93. The number of aromatic nitrogens is 3. The first kappa shape index (κ1) is 27.0. The van der Waals surface area contributed by atoms with E-state index in [2.05, 4.69) is 109 Å². The summed E-state index contributed by atoms with van der Waals surface area (Å²) in [6.45, 7) is 0. The lowest BCUT2D eigenvalue weighted by Crippen LogP contribution is -2.00. The molecule has 0 aliphatic heterocycles. The highest BCUT2D eigenvalue weighted by Gasteiger charge is 2.18. The van der Waals surface area contributed by atoms with Gasteiger partial charge in [0.05, 0.1) is 0 Å². The third-order valence-electron chi connectivity index (χ3n) is 8.69. The topological polar surface area (TPSA) is 51.8 Å². The van der Waals surface area contributed by atoms with Gasteiger partial charge in [0.15, 0.2) is 17.5 Å². The molecule has 0 saturated carbocycles. The summed E-state index contributed by atoms with van der Waals surface area (Å²) in [7, 11) is 0. The molecule has 0 N–H and O–H groups in total. The Morgan fingerprint density at radius 2 is 0.872 bits per heavy atom. The molecule has 0 fully saturated rings. The van der Waals surface area contributed by atoms with Gasteiger partial charge >= 0.3 is 0 Å². The fraction of sp³-hybridized carbons (Fsp3) is 0. The van der Waals surface area contributed by atoms with Gasteiger partial charge in [0.1, 0.15) is 11.2 Å². The molecule has 4 nitrogen and oxygen atoms in total. The quantitative estimate of drug-likeness (QED) is 0.197. The zero-order chi connectivity index (χ0) is 31.2. The minimum absolute atomic E-state index is 0.591. The number of hydrogen-bond donors (Lipinski definition) is 0. The third-order valence-corrected chi connectivity index (χ3v) is 8.69. The lowest BCUT2D eigenvalue weighted by molar-refractivity contribution is 0.669. The number of nitrogens with zero attached hydrogens (tertiary/aromatic N) is 3. The Balaban J connectivity index is 1.23. The summed E-state index contributed by atoms with van der Waals surface area (Å²) in [6, 6.07) is 56.4. The fourth-order valence-corrected chi connectivity index (χ4v) is 6.37. The summed E-state index contributed by atoms with van der Waals surface area (Å²) in [5.41, 5.74) is 8.94. The van der Waals surface area contributed by atoms with E-state index in [0.29, 0.717) is 17.5 Å². The second-order valence-electron chi connectivity index (χ2n) is 11.7. The maximum absolute atomic E-state index is 6.43. The van der Waals surface area contributed by atoms with Crippen molar-refractivity contribution in [2.45, 2.75) is 0 Å². The molecule has 0 bridgehead atoms. The van der Waals surface area contributed by atoms with Crippen molar-refractivity contribution in [1.29, 1.82) is 0 Å². The molecule has 2 heterocycles. The highest BCUT2D eigenvalue weighted by atomic mass is 16.3. The number of furan rings is 1. The van der Waals surface area contributed by atoms with Gasteiger partial charge in [-0.05, 0) is 63.4 Å². The highest BCUT2D eigenvalue weighted by Crippen LogP contribution is 2.40. The molecule has 0 aliphatic carbocycles. The number of benzene rings is 7. The summed E-state index contributed by atoms with van der Waals surface area (Å²) in [5, 5.41) is 4.45. The van der Waals surface area contributed by atoms with E-state index in [1.165, 1.54) is 11.1 Å². The molecule has 0 atom stereocenters. The van der Waals surface area contributed by atoms with E-state index < -0.39 is 0 Å². The van der Waals surface area contributed by atoms with Crippen molar-refractivity contribution in [2.24, 2.45) is 0 Å². The first-order valence-corrected chi connectivity index (χ1v) is 15.7. The van der Waals surface area contributed by atoms with Crippen LogP contribution in [0, 0.1) is 0 Å². The van der Waals surface area contributed by atoms with Crippen LogP contribution < -0.4 is 0 Å². The Labute approximate surface area is 271 Å². The van der Waals surface area contributed by atoms with Crippen LogP contribution in [0.2, 0.25) is 0 Å². The van der Waals surface area contributed by atoms with Gasteiger partial charge in [-0.1, -0.05) is 133 Å². The van der Waals surface area contributed by atoms with Crippen molar-refractivity contribution in [1.82, 2.24) is 15.0 Å². The molecule has 2 aromatic heterocycles. The van der Waals surface area contributed by atoms with E-state index in [4.69, 9.17) is 19.4 Å². The molecule has 220 valence electrons. The minimum Gasteiger partial charge on any atom is -0.456 e. The van der Waals surface area contributed by atoms with Gasteiger partial charge in [-0.3, -0.25) is 0 Å². The van der Waals surface area contributed by atoms with Crippen molar-refractivity contribution in [3.63, 3.8) is 0 Å². The van der Waals surface area contributed by atoms with Crippen LogP contribution in [0.15, 0.2) is 168 Å². The summed E-state index contributed by atoms with van der Waals surface area (Å²) < 4.78 is 6.43. The lowest BCUT2D eigenvalue weighted by atomic mass is 9.96. The minimum atomic E-state index is 0.591. The number of para-hydroxylation sites is 1. The first-order valence-electron chi connectivity index (χ1n) is 15.7. The zero-order valence-electron chi connectivity index (χ0n) is 25.3. The molecule has 0 radical (unpaired) electrons.